The second kappa shape index (κ2) is 10.3. The first kappa shape index (κ1) is 25.3. The molecule has 0 amide bonds. The van der Waals surface area contributed by atoms with E-state index in [0.717, 1.165) is 55.4 Å². The van der Waals surface area contributed by atoms with Crippen molar-refractivity contribution in [3.63, 3.8) is 0 Å². The molecular weight excluding hydrogens is 482 g/mol. The van der Waals surface area contributed by atoms with Crippen LogP contribution in [0.1, 0.15) is 65.0 Å². The van der Waals surface area contributed by atoms with Gasteiger partial charge in [0.15, 0.2) is 6.79 Å². The lowest BCUT2D eigenvalue weighted by Crippen LogP contribution is -2.56. The van der Waals surface area contributed by atoms with Crippen LogP contribution in [-0.4, -0.2) is 57.7 Å². The fourth-order valence-corrected chi connectivity index (χ4v) is 6.30. The average Bonchev–Trinajstić information content (AvgIpc) is 3.50. The van der Waals surface area contributed by atoms with Crippen LogP contribution in [-0.2, 0) is 9.47 Å². The van der Waals surface area contributed by atoms with Crippen LogP contribution in [0, 0.1) is 0 Å². The van der Waals surface area contributed by atoms with E-state index in [-0.39, 0.29) is 30.2 Å². The lowest BCUT2D eigenvalue weighted by Gasteiger charge is -2.41. The summed E-state index contributed by atoms with van der Waals surface area (Å²) >= 11 is 0. The molecule has 3 aliphatic heterocycles. The molecule has 0 saturated carbocycles. The number of methoxy groups -OCH3 is 1. The topological polar surface area (TPSA) is 92.6 Å². The van der Waals surface area contributed by atoms with Crippen LogP contribution in [0.3, 0.4) is 0 Å². The summed E-state index contributed by atoms with van der Waals surface area (Å²) in [5, 5.41) is 17.3. The fraction of sp³-hybridized carbons (Fsp3) is 0.552. The van der Waals surface area contributed by atoms with E-state index in [1.807, 2.05) is 41.3 Å². The molecule has 9 heteroatoms. The van der Waals surface area contributed by atoms with Crippen LogP contribution >= 0.6 is 0 Å². The molecule has 202 valence electrons. The maximum Gasteiger partial charge on any atom is 0.233 e. The molecule has 2 aromatic heterocycles. The van der Waals surface area contributed by atoms with Crippen LogP contribution < -0.4 is 14.8 Å². The molecule has 3 fully saturated rings. The number of nitrogens with one attached hydrogen (secondary N) is 1. The number of fused-ring (bicyclic) bond motifs is 2. The van der Waals surface area contributed by atoms with Crippen molar-refractivity contribution in [2.45, 2.75) is 82.2 Å². The summed E-state index contributed by atoms with van der Waals surface area (Å²) < 4.78 is 25.2. The Morgan fingerprint density at radius 3 is 2.61 bits per heavy atom. The van der Waals surface area contributed by atoms with E-state index >= 15 is 0 Å². The molecule has 1 N–H and O–H groups in total. The molecule has 9 nitrogen and oxygen atoms in total. The number of rotatable bonds is 8. The number of ether oxygens (including phenoxy) is 4. The largest absolute Gasteiger partial charge is 0.473 e. The normalized spacial score (nSPS) is 28.8. The Labute approximate surface area is 223 Å². The smallest absolute Gasteiger partial charge is 0.233 e. The highest BCUT2D eigenvalue weighted by molar-refractivity contribution is 5.74. The van der Waals surface area contributed by atoms with Crippen molar-refractivity contribution in [3.8, 4) is 34.0 Å². The highest BCUT2D eigenvalue weighted by Crippen LogP contribution is 2.43. The number of nitrogens with zero attached hydrogens (tertiary/aromatic N) is 4. The summed E-state index contributed by atoms with van der Waals surface area (Å²) in [6, 6.07) is 9.89. The van der Waals surface area contributed by atoms with Gasteiger partial charge >= 0.3 is 0 Å². The van der Waals surface area contributed by atoms with Gasteiger partial charge in [0.25, 0.3) is 0 Å². The van der Waals surface area contributed by atoms with Crippen LogP contribution in [0.4, 0.5) is 0 Å². The average molecular weight is 520 g/mol. The van der Waals surface area contributed by atoms with Crippen molar-refractivity contribution in [2.75, 3.05) is 20.5 Å². The van der Waals surface area contributed by atoms with E-state index in [0.29, 0.717) is 17.3 Å². The van der Waals surface area contributed by atoms with Gasteiger partial charge in [-0.2, -0.15) is 5.10 Å². The monoisotopic (exact) mass is 519 g/mol. The Morgan fingerprint density at radius 2 is 1.89 bits per heavy atom. The SMILES string of the molecule is COCOc1cc(-c2cnn(C3CCCCO3)c2)ccc1-c1ccc(OC2CC3(C)CCC(C)(C2)N3)nn1. The second-order valence-corrected chi connectivity index (χ2v) is 11.4. The Balaban J connectivity index is 1.20. The predicted octanol–water partition coefficient (Wildman–Crippen LogP) is 5.13. The van der Waals surface area contributed by atoms with Gasteiger partial charge in [0.1, 0.15) is 18.1 Å². The molecule has 3 aromatic rings. The molecular formula is C29H37N5O4. The third kappa shape index (κ3) is 5.28. The van der Waals surface area contributed by atoms with Gasteiger partial charge in [-0.3, -0.25) is 0 Å². The Morgan fingerprint density at radius 1 is 1.05 bits per heavy atom. The number of benzene rings is 1. The molecule has 3 aliphatic rings. The molecule has 3 saturated heterocycles. The summed E-state index contributed by atoms with van der Waals surface area (Å²) in [4.78, 5) is 0. The minimum absolute atomic E-state index is 0.00254. The van der Waals surface area contributed by atoms with Crippen molar-refractivity contribution in [3.05, 3.63) is 42.7 Å². The third-order valence-corrected chi connectivity index (χ3v) is 8.09. The highest BCUT2D eigenvalue weighted by atomic mass is 16.7. The molecule has 1 aromatic carbocycles. The molecule has 5 heterocycles. The summed E-state index contributed by atoms with van der Waals surface area (Å²) in [5.41, 5.74) is 3.83. The van der Waals surface area contributed by atoms with Crippen LogP contribution in [0.2, 0.25) is 0 Å². The summed E-state index contributed by atoms with van der Waals surface area (Å²) in [7, 11) is 1.61. The Bertz CT molecular complexity index is 1240. The second-order valence-electron chi connectivity index (χ2n) is 11.4. The molecule has 0 spiro atoms. The van der Waals surface area contributed by atoms with Gasteiger partial charge in [0.2, 0.25) is 5.88 Å². The van der Waals surface area contributed by atoms with Crippen molar-refractivity contribution >= 4 is 0 Å². The van der Waals surface area contributed by atoms with Gasteiger partial charge in [0, 0.05) is 61.0 Å². The zero-order valence-corrected chi connectivity index (χ0v) is 22.5. The predicted molar refractivity (Wildman–Crippen MR) is 143 cm³/mol. The highest BCUT2D eigenvalue weighted by Gasteiger charge is 2.49. The number of aromatic nitrogens is 4. The maximum absolute atomic E-state index is 6.30. The van der Waals surface area contributed by atoms with Gasteiger partial charge in [-0.1, -0.05) is 6.07 Å². The van der Waals surface area contributed by atoms with Crippen molar-refractivity contribution in [2.24, 2.45) is 0 Å². The molecule has 0 aliphatic carbocycles. The van der Waals surface area contributed by atoms with Crippen molar-refractivity contribution in [1.82, 2.24) is 25.3 Å². The zero-order chi connectivity index (χ0) is 26.2. The van der Waals surface area contributed by atoms with E-state index in [4.69, 9.17) is 18.9 Å². The van der Waals surface area contributed by atoms with E-state index in [1.54, 1.807) is 7.11 Å². The molecule has 0 radical (unpaired) electrons. The minimum atomic E-state index is 0.00254. The first-order chi connectivity index (χ1) is 18.4. The van der Waals surface area contributed by atoms with Crippen LogP contribution in [0.5, 0.6) is 11.6 Å². The Kier molecular flexibility index (Phi) is 6.84. The summed E-state index contributed by atoms with van der Waals surface area (Å²) in [5.74, 6) is 1.23. The number of piperidine rings is 1. The van der Waals surface area contributed by atoms with Gasteiger partial charge in [-0.25, -0.2) is 4.68 Å². The third-order valence-electron chi connectivity index (χ3n) is 8.09. The first-order valence-corrected chi connectivity index (χ1v) is 13.6. The van der Waals surface area contributed by atoms with E-state index in [2.05, 4.69) is 40.5 Å². The lowest BCUT2D eigenvalue weighted by molar-refractivity contribution is -0.0394. The van der Waals surface area contributed by atoms with Gasteiger partial charge < -0.3 is 24.3 Å². The quantitative estimate of drug-likeness (QED) is 0.410. The van der Waals surface area contributed by atoms with Crippen molar-refractivity contribution in [1.29, 1.82) is 0 Å². The van der Waals surface area contributed by atoms with Crippen molar-refractivity contribution < 1.29 is 18.9 Å². The van der Waals surface area contributed by atoms with E-state index < -0.39 is 0 Å². The van der Waals surface area contributed by atoms with E-state index in [9.17, 15) is 0 Å². The lowest BCUT2D eigenvalue weighted by atomic mass is 9.86. The van der Waals surface area contributed by atoms with E-state index in [1.165, 1.54) is 12.8 Å². The molecule has 2 bridgehead atoms. The number of hydrogen-bond donors (Lipinski definition) is 1. The fourth-order valence-electron chi connectivity index (χ4n) is 6.30. The van der Waals surface area contributed by atoms with Gasteiger partial charge in [0.05, 0.1) is 11.9 Å². The van der Waals surface area contributed by atoms with Crippen LogP contribution in [0.15, 0.2) is 42.7 Å². The molecule has 3 unspecified atom stereocenters. The molecule has 38 heavy (non-hydrogen) atoms. The maximum atomic E-state index is 6.30. The standard InChI is InChI=1S/C29H37N5O4/c1-28-11-12-29(2,33-28)16-22(15-28)38-26-10-9-24(31-32-26)23-8-7-20(14-25(23)37-19-35-3)21-17-30-34(18-21)27-6-4-5-13-36-27/h7-10,14,17-18,22,27,33H,4-6,11-13,15-16,19H2,1-3H3. The molecule has 6 rings (SSSR count). The Hall–Kier alpha value is -3.01. The minimum Gasteiger partial charge on any atom is -0.473 e. The summed E-state index contributed by atoms with van der Waals surface area (Å²) in [6.07, 6.45) is 11.6. The van der Waals surface area contributed by atoms with Gasteiger partial charge in [-0.05, 0) is 69.7 Å². The van der Waals surface area contributed by atoms with Gasteiger partial charge in [-0.15, -0.1) is 10.2 Å². The zero-order valence-electron chi connectivity index (χ0n) is 22.5. The number of hydrogen-bond acceptors (Lipinski definition) is 8. The van der Waals surface area contributed by atoms with Crippen LogP contribution in [0.25, 0.3) is 22.4 Å². The molecule has 3 atom stereocenters. The first-order valence-electron chi connectivity index (χ1n) is 13.6. The summed E-state index contributed by atoms with van der Waals surface area (Å²) in [6.45, 7) is 5.50.